The van der Waals surface area contributed by atoms with Crippen molar-refractivity contribution in [3.05, 3.63) is 328 Å². The first-order valence-corrected chi connectivity index (χ1v) is 50.6. The van der Waals surface area contributed by atoms with E-state index in [1.54, 1.807) is 91.0 Å². The van der Waals surface area contributed by atoms with Gasteiger partial charge in [-0.3, -0.25) is 53.4 Å². The summed E-state index contributed by atoms with van der Waals surface area (Å²) in [5.41, 5.74) is 45.3. The molecule has 6 aliphatic heterocycles. The van der Waals surface area contributed by atoms with E-state index in [-0.39, 0.29) is 70.1 Å². The minimum absolute atomic E-state index is 0.110. The van der Waals surface area contributed by atoms with Gasteiger partial charge in [-0.1, -0.05) is 135 Å². The summed E-state index contributed by atoms with van der Waals surface area (Å²) < 4.78 is 106. The van der Waals surface area contributed by atoms with Crippen LogP contribution in [0.1, 0.15) is 120 Å². The average Bonchev–Trinajstić information content (AvgIpc) is 1.06. The number of benzene rings is 10. The summed E-state index contributed by atoms with van der Waals surface area (Å²) in [4.78, 5) is 95.7. The summed E-state index contributed by atoms with van der Waals surface area (Å²) in [6.07, 6.45) is 2.86. The van der Waals surface area contributed by atoms with Crippen LogP contribution >= 0.6 is 0 Å². The van der Waals surface area contributed by atoms with Gasteiger partial charge in [0.15, 0.2) is 0 Å². The smallest absolute Gasteiger partial charge is 0.267 e. The highest BCUT2D eigenvalue weighted by Gasteiger charge is 2.36. The number of carbonyl (C=O) groups is 5. The summed E-state index contributed by atoms with van der Waals surface area (Å²) in [7, 11) is 0. The number of nitrogens with zero attached hydrogens (tertiary/aromatic N) is 11. The molecule has 11 heterocycles. The molecule has 149 heavy (non-hydrogen) atoms. The first-order chi connectivity index (χ1) is 72.0. The van der Waals surface area contributed by atoms with Crippen LogP contribution in [0.15, 0.2) is 243 Å². The predicted molar refractivity (Wildman–Crippen MR) is 566 cm³/mol. The quantitative estimate of drug-likeness (QED) is 0.0254. The second-order valence-electron chi connectivity index (χ2n) is 39.8. The maximum atomic E-state index is 13.4. The van der Waals surface area contributed by atoms with E-state index in [2.05, 4.69) is 109 Å². The van der Waals surface area contributed by atoms with Crippen molar-refractivity contribution >= 4 is 84.1 Å². The lowest BCUT2D eigenvalue weighted by Crippen LogP contribution is -2.53. The zero-order valence-corrected chi connectivity index (χ0v) is 83.0. The molecule has 5 amide bonds. The number of pyridine rings is 5. The molecule has 4 unspecified atom stereocenters. The Morgan fingerprint density at radius 2 is 0.604 bits per heavy atom. The monoisotopic (exact) mass is 2020 g/mol. The summed E-state index contributed by atoms with van der Waals surface area (Å²) in [6.45, 7) is 22.1. The molecule has 15 aromatic rings. The third-order valence-electron chi connectivity index (χ3n) is 28.8. The number of alkyl halides is 3. The molecule has 5 atom stereocenters. The van der Waals surface area contributed by atoms with Gasteiger partial charge in [-0.25, -0.2) is 60.0 Å². The minimum atomic E-state index is -2.41. The maximum absolute atomic E-state index is 13.4. The molecule has 0 spiro atoms. The van der Waals surface area contributed by atoms with Crippen molar-refractivity contribution < 1.29 is 59.1 Å². The Morgan fingerprint density at radius 3 is 0.899 bits per heavy atom. The van der Waals surface area contributed by atoms with Gasteiger partial charge in [0.2, 0.25) is 0 Å². The second kappa shape index (κ2) is 47.4. The molecule has 1 saturated carbocycles. The molecule has 0 bridgehead atoms. The number of halogens is 8. The van der Waals surface area contributed by atoms with Crippen LogP contribution in [0.5, 0.6) is 0 Å². The van der Waals surface area contributed by atoms with E-state index in [0.29, 0.717) is 67.8 Å². The molecule has 33 heteroatoms. The number of nitrogens with two attached hydrogens (primary N) is 5. The number of rotatable bonds is 24. The molecular formula is C116H120F8N20O5. The molecule has 22 rings (SSSR count). The average molecular weight is 2030 g/mol. The number of fused-ring (bicyclic) bond motifs is 6. The van der Waals surface area contributed by atoms with E-state index in [1.165, 1.54) is 98.5 Å². The molecule has 10 aromatic carbocycles. The molecule has 6 saturated heterocycles. The standard InChI is InChI=1S/2C24H25FN4O.C24H27FN4O.C22H21F3N4O.C22H22F2N4O/c25-18-6-4-16(5-7-18)20-12-22(24(26)30)28-21-11-15(1-8-19(20)21)13-29-10-9-27-23(14-29)17-2-3-17;25-18-6-4-17(5-7-18)21-13-23(24(26)30)27-22-12-16(3-8-20(21)22)14-28-10-11-29-9-1-2-19(29)15-28;1-15(2)23-14-29(10-9-27-23)13-16-3-8-19-20(17-4-6-18(25)7-5-17)12-22(24(26)30)28-21(19)11-16;23-15-4-2-14(3-5-15)17-10-19(22(26)30)28-18-9-13(1-6-16(17)18)11-29-8-7-27-20(12-29)21(24)25;23-11-17-13-28(8-7-26-17)12-14-1-6-18-19(15-2-4-16(24)5-3-15)10-21(22(25)29)27-20(18)9-14/h1,4-8,11-12,17,23,27H,2-3,9-10,13-14H2,(H2,26,30);3-8,12-13,19H,1-2,9-11,14-15H2,(H2,26,30);3-8,11-12,15,23,27H,9-10,13-14H2,1-2H3,(H2,26,30);1-6,9-10,20-21,27H,7-8,11-12H2,(H2,26,30);1-6,9-10,17,26H,7-8,11-13H2,(H2,25,29)/t;19-;;;/m.1.../s1. The highest BCUT2D eigenvalue weighted by atomic mass is 19.3. The SMILES string of the molecule is CC(C)C1CN(Cc2ccc3c(-c4ccc(F)cc4)cc(C(N)=O)nc3c2)CCN1.NC(=O)c1cc(-c2ccc(F)cc2)c2ccc(CN3CCN4CCC[C@@H]4C3)cc2n1.NC(=O)c1cc(-c2ccc(F)cc2)c2ccc(CN3CCNC(C(F)F)C3)cc2n1.NC(=O)c1cc(-c2ccc(F)cc2)c2ccc(CN3CCNC(C4CC4)C3)cc2n1.NC(=O)c1cc(-c2ccc(F)cc2)c2ccc(CN3CCNC(CF)C3)cc2n1. The van der Waals surface area contributed by atoms with Crippen LogP contribution in [0.3, 0.4) is 0 Å². The minimum Gasteiger partial charge on any atom is -0.364 e. The van der Waals surface area contributed by atoms with Gasteiger partial charge in [0.05, 0.1) is 33.6 Å². The lowest BCUT2D eigenvalue weighted by molar-refractivity contribution is 0.0545. The first-order valence-electron chi connectivity index (χ1n) is 50.6. The summed E-state index contributed by atoms with van der Waals surface area (Å²) in [5.74, 6) is -3.14. The third kappa shape index (κ3) is 26.3. The van der Waals surface area contributed by atoms with E-state index in [1.807, 2.05) is 71.6 Å². The van der Waals surface area contributed by atoms with Gasteiger partial charge in [0.1, 0.15) is 64.2 Å². The van der Waals surface area contributed by atoms with Gasteiger partial charge in [0.25, 0.3) is 36.0 Å². The number of hydrogen-bond donors (Lipinski definition) is 9. The van der Waals surface area contributed by atoms with E-state index < -0.39 is 48.7 Å². The number of amides is 5. The van der Waals surface area contributed by atoms with Gasteiger partial charge in [0, 0.05) is 182 Å². The van der Waals surface area contributed by atoms with E-state index in [9.17, 15) is 59.1 Å². The van der Waals surface area contributed by atoms with Crippen LogP contribution in [0.25, 0.3) is 110 Å². The third-order valence-corrected chi connectivity index (χ3v) is 28.8. The Hall–Kier alpha value is -14.4. The van der Waals surface area contributed by atoms with Crippen molar-refractivity contribution in [1.82, 2.24) is 75.6 Å². The Kier molecular flexibility index (Phi) is 33.3. The number of nitrogens with one attached hydrogen (secondary N) is 4. The fourth-order valence-electron chi connectivity index (χ4n) is 20.9. The van der Waals surface area contributed by atoms with Gasteiger partial charge < -0.3 is 49.9 Å². The fourth-order valence-corrected chi connectivity index (χ4v) is 20.9. The number of carbonyl (C=O) groups excluding carboxylic acids is 5. The van der Waals surface area contributed by atoms with Gasteiger partial charge >= 0.3 is 0 Å². The van der Waals surface area contributed by atoms with Crippen LogP contribution < -0.4 is 49.9 Å². The van der Waals surface area contributed by atoms with Crippen molar-refractivity contribution in [2.75, 3.05) is 111 Å². The second-order valence-corrected chi connectivity index (χ2v) is 39.8. The number of hydrogen-bond acceptors (Lipinski definition) is 20. The molecule has 5 aromatic heterocycles. The Bertz CT molecular complexity index is 6740. The highest BCUT2D eigenvalue weighted by Crippen LogP contribution is 2.39. The lowest BCUT2D eigenvalue weighted by Gasteiger charge is -2.37. The van der Waals surface area contributed by atoms with Gasteiger partial charge in [-0.05, 0) is 249 Å². The van der Waals surface area contributed by atoms with E-state index >= 15 is 0 Å². The first kappa shape index (κ1) is 105. The topological polar surface area (TPSA) is 347 Å². The van der Waals surface area contributed by atoms with Crippen molar-refractivity contribution in [2.24, 2.45) is 40.5 Å². The van der Waals surface area contributed by atoms with Crippen LogP contribution in [0.2, 0.25) is 0 Å². The number of primary amides is 5. The van der Waals surface area contributed by atoms with Crippen molar-refractivity contribution in [3.63, 3.8) is 0 Å². The Labute approximate surface area is 858 Å². The predicted octanol–water partition coefficient (Wildman–Crippen LogP) is 16.4. The van der Waals surface area contributed by atoms with Crippen LogP contribution in [0.4, 0.5) is 35.1 Å². The summed E-state index contributed by atoms with van der Waals surface area (Å²) in [5, 5.41) is 17.6. The zero-order valence-electron chi connectivity index (χ0n) is 83.0. The number of aromatic nitrogens is 5. The molecule has 770 valence electrons. The van der Waals surface area contributed by atoms with Crippen LogP contribution in [-0.2, 0) is 32.7 Å². The summed E-state index contributed by atoms with van der Waals surface area (Å²) in [6, 6.07) is 70.0. The van der Waals surface area contributed by atoms with Crippen LogP contribution in [0, 0.1) is 40.9 Å². The van der Waals surface area contributed by atoms with Crippen molar-refractivity contribution in [3.8, 4) is 55.6 Å². The summed E-state index contributed by atoms with van der Waals surface area (Å²) >= 11 is 0. The highest BCUT2D eigenvalue weighted by molar-refractivity contribution is 6.06. The zero-order chi connectivity index (χ0) is 104. The van der Waals surface area contributed by atoms with Crippen molar-refractivity contribution in [2.45, 2.75) is 109 Å². The number of piperazine rings is 5. The van der Waals surface area contributed by atoms with Gasteiger partial charge in [-0.2, -0.15) is 0 Å². The lowest BCUT2D eigenvalue weighted by atomic mass is 9.98. The molecule has 7 fully saturated rings. The Morgan fingerprint density at radius 1 is 0.322 bits per heavy atom. The maximum Gasteiger partial charge on any atom is 0.267 e. The molecular weight excluding hydrogens is 1910 g/mol. The molecule has 25 nitrogen and oxygen atoms in total. The molecule has 0 radical (unpaired) electrons. The molecule has 1 aliphatic carbocycles. The van der Waals surface area contributed by atoms with Crippen LogP contribution in [-0.4, -0.2) is 232 Å². The van der Waals surface area contributed by atoms with E-state index in [0.717, 1.165) is 219 Å². The normalized spacial score (nSPS) is 18.5. The largest absolute Gasteiger partial charge is 0.364 e. The van der Waals surface area contributed by atoms with E-state index in [4.69, 9.17) is 28.7 Å². The Balaban J connectivity index is 0.000000122. The van der Waals surface area contributed by atoms with Crippen molar-refractivity contribution in [1.29, 1.82) is 0 Å². The molecule has 7 aliphatic rings. The van der Waals surface area contributed by atoms with Gasteiger partial charge in [-0.15, -0.1) is 0 Å². The fraction of sp³-hybridized carbons (Fsp3) is 0.310. The molecule has 14 N–H and O–H groups in total.